The second-order valence-electron chi connectivity index (χ2n) is 4.49. The standard InChI is InChI=1S/C13H17BrClNO/c1-4-13(3,8-14)16-12(17)10-6-5-9(2)7-11(10)15/h5-7H,4,8H2,1-3H3,(H,16,17). The van der Waals surface area contributed by atoms with Crippen LogP contribution in [0.4, 0.5) is 0 Å². The van der Waals surface area contributed by atoms with Crippen LogP contribution in [0.5, 0.6) is 0 Å². The first kappa shape index (κ1) is 14.5. The van der Waals surface area contributed by atoms with Crippen molar-refractivity contribution < 1.29 is 4.79 Å². The highest BCUT2D eigenvalue weighted by Gasteiger charge is 2.24. The van der Waals surface area contributed by atoms with Crippen molar-refractivity contribution in [3.8, 4) is 0 Å². The summed E-state index contributed by atoms with van der Waals surface area (Å²) in [6.07, 6.45) is 0.855. The molecule has 0 saturated heterocycles. The number of amides is 1. The number of nitrogens with one attached hydrogen (secondary N) is 1. The molecular formula is C13H17BrClNO. The van der Waals surface area contributed by atoms with Crippen LogP contribution >= 0.6 is 27.5 Å². The average molecular weight is 319 g/mol. The molecule has 1 aromatic rings. The lowest BCUT2D eigenvalue weighted by atomic mass is 10.0. The van der Waals surface area contributed by atoms with Crippen LogP contribution in [0, 0.1) is 6.92 Å². The van der Waals surface area contributed by atoms with Crippen molar-refractivity contribution >= 4 is 33.4 Å². The second kappa shape index (κ2) is 5.87. The molecule has 1 N–H and O–H groups in total. The van der Waals surface area contributed by atoms with Gasteiger partial charge >= 0.3 is 0 Å². The van der Waals surface area contributed by atoms with Gasteiger partial charge in [-0.05, 0) is 38.0 Å². The summed E-state index contributed by atoms with van der Waals surface area (Å²) in [6, 6.07) is 5.45. The summed E-state index contributed by atoms with van der Waals surface area (Å²) in [7, 11) is 0. The molecule has 94 valence electrons. The molecule has 0 saturated carbocycles. The number of rotatable bonds is 4. The molecule has 0 aliphatic rings. The van der Waals surface area contributed by atoms with Gasteiger partial charge in [0.05, 0.1) is 10.6 Å². The SMILES string of the molecule is CCC(C)(CBr)NC(=O)c1ccc(C)cc1Cl. The summed E-state index contributed by atoms with van der Waals surface area (Å²) in [4.78, 5) is 12.1. The molecule has 1 amide bonds. The van der Waals surface area contributed by atoms with E-state index >= 15 is 0 Å². The maximum atomic E-state index is 12.1. The van der Waals surface area contributed by atoms with Crippen molar-refractivity contribution in [1.82, 2.24) is 5.32 Å². The topological polar surface area (TPSA) is 29.1 Å². The Labute approximate surface area is 116 Å². The minimum atomic E-state index is -0.245. The number of hydrogen-bond acceptors (Lipinski definition) is 1. The van der Waals surface area contributed by atoms with Gasteiger partial charge in [-0.1, -0.05) is 40.5 Å². The Hall–Kier alpha value is -0.540. The molecule has 17 heavy (non-hydrogen) atoms. The average Bonchev–Trinajstić information content (AvgIpc) is 2.28. The second-order valence-corrected chi connectivity index (χ2v) is 5.45. The molecule has 0 spiro atoms. The van der Waals surface area contributed by atoms with Gasteiger partial charge in [-0.2, -0.15) is 0 Å². The van der Waals surface area contributed by atoms with Crippen LogP contribution in [0.2, 0.25) is 5.02 Å². The van der Waals surface area contributed by atoms with Crippen LogP contribution in [0.3, 0.4) is 0 Å². The van der Waals surface area contributed by atoms with E-state index in [1.54, 1.807) is 12.1 Å². The Balaban J connectivity index is 2.90. The minimum Gasteiger partial charge on any atom is -0.346 e. The Morgan fingerprint density at radius 3 is 2.65 bits per heavy atom. The van der Waals surface area contributed by atoms with Crippen LogP contribution in [0.15, 0.2) is 18.2 Å². The van der Waals surface area contributed by atoms with Gasteiger partial charge in [-0.25, -0.2) is 0 Å². The van der Waals surface area contributed by atoms with Crippen molar-refractivity contribution in [2.75, 3.05) is 5.33 Å². The van der Waals surface area contributed by atoms with Gasteiger partial charge in [0.25, 0.3) is 5.91 Å². The van der Waals surface area contributed by atoms with E-state index in [1.807, 2.05) is 26.8 Å². The van der Waals surface area contributed by atoms with Gasteiger partial charge in [0.1, 0.15) is 0 Å². The van der Waals surface area contributed by atoms with E-state index in [9.17, 15) is 4.79 Å². The summed E-state index contributed by atoms with van der Waals surface area (Å²) in [6.45, 7) is 5.99. The molecule has 4 heteroatoms. The molecule has 1 unspecified atom stereocenters. The number of aryl methyl sites for hydroxylation is 1. The molecule has 0 fully saturated rings. The highest BCUT2D eigenvalue weighted by Crippen LogP contribution is 2.20. The van der Waals surface area contributed by atoms with E-state index in [1.165, 1.54) is 0 Å². The predicted octanol–water partition coefficient (Wildman–Crippen LogP) is 3.94. The number of halogens is 2. The van der Waals surface area contributed by atoms with Gasteiger partial charge in [-0.15, -0.1) is 0 Å². The van der Waals surface area contributed by atoms with Gasteiger partial charge in [0, 0.05) is 10.9 Å². The van der Waals surface area contributed by atoms with Crippen LogP contribution < -0.4 is 5.32 Å². The molecule has 0 heterocycles. The van der Waals surface area contributed by atoms with Gasteiger partial charge in [-0.3, -0.25) is 4.79 Å². The maximum Gasteiger partial charge on any atom is 0.253 e. The zero-order valence-corrected chi connectivity index (χ0v) is 12.7. The van der Waals surface area contributed by atoms with Crippen LogP contribution in [0.25, 0.3) is 0 Å². The zero-order valence-electron chi connectivity index (χ0n) is 10.3. The number of alkyl halides is 1. The number of carbonyl (C=O) groups is 1. The van der Waals surface area contributed by atoms with Crippen molar-refractivity contribution in [2.24, 2.45) is 0 Å². The summed E-state index contributed by atoms with van der Waals surface area (Å²) in [5, 5.41) is 4.21. The highest BCUT2D eigenvalue weighted by atomic mass is 79.9. The predicted molar refractivity (Wildman–Crippen MR) is 76.1 cm³/mol. The van der Waals surface area contributed by atoms with Crippen molar-refractivity contribution in [3.05, 3.63) is 34.3 Å². The lowest BCUT2D eigenvalue weighted by molar-refractivity contribution is 0.0913. The van der Waals surface area contributed by atoms with E-state index in [0.717, 1.165) is 12.0 Å². The highest BCUT2D eigenvalue weighted by molar-refractivity contribution is 9.09. The number of carbonyl (C=O) groups excluding carboxylic acids is 1. The third kappa shape index (κ3) is 3.71. The molecule has 1 rings (SSSR count). The van der Waals surface area contributed by atoms with Crippen LogP contribution in [-0.4, -0.2) is 16.8 Å². The van der Waals surface area contributed by atoms with E-state index in [2.05, 4.69) is 21.2 Å². The fraction of sp³-hybridized carbons (Fsp3) is 0.462. The molecular weight excluding hydrogens is 302 g/mol. The molecule has 1 aromatic carbocycles. The lowest BCUT2D eigenvalue weighted by Crippen LogP contribution is -2.47. The maximum absolute atomic E-state index is 12.1. The van der Waals surface area contributed by atoms with E-state index < -0.39 is 0 Å². The largest absolute Gasteiger partial charge is 0.346 e. The van der Waals surface area contributed by atoms with E-state index in [0.29, 0.717) is 15.9 Å². The Kier molecular flexibility index (Phi) is 5.02. The summed E-state index contributed by atoms with van der Waals surface area (Å²) < 4.78 is 0. The smallest absolute Gasteiger partial charge is 0.253 e. The van der Waals surface area contributed by atoms with Gasteiger partial charge in [0.2, 0.25) is 0 Å². The van der Waals surface area contributed by atoms with E-state index in [-0.39, 0.29) is 11.4 Å². The first-order valence-electron chi connectivity index (χ1n) is 5.56. The van der Waals surface area contributed by atoms with Crippen molar-refractivity contribution in [1.29, 1.82) is 0 Å². The van der Waals surface area contributed by atoms with E-state index in [4.69, 9.17) is 11.6 Å². The van der Waals surface area contributed by atoms with Crippen LogP contribution in [-0.2, 0) is 0 Å². The first-order chi connectivity index (χ1) is 7.91. The molecule has 2 nitrogen and oxygen atoms in total. The third-order valence-corrected chi connectivity index (χ3v) is 4.41. The molecule has 0 aliphatic heterocycles. The minimum absolute atomic E-state index is 0.126. The van der Waals surface area contributed by atoms with Crippen molar-refractivity contribution in [2.45, 2.75) is 32.7 Å². The number of benzene rings is 1. The Morgan fingerprint density at radius 2 is 2.18 bits per heavy atom. The summed E-state index contributed by atoms with van der Waals surface area (Å²) >= 11 is 9.48. The molecule has 0 radical (unpaired) electrons. The van der Waals surface area contributed by atoms with Crippen LogP contribution in [0.1, 0.15) is 36.2 Å². The van der Waals surface area contributed by atoms with Crippen molar-refractivity contribution in [3.63, 3.8) is 0 Å². The first-order valence-corrected chi connectivity index (χ1v) is 7.06. The molecule has 0 aliphatic carbocycles. The normalized spacial score (nSPS) is 14.2. The summed E-state index contributed by atoms with van der Waals surface area (Å²) in [5.74, 6) is -0.126. The monoisotopic (exact) mass is 317 g/mol. The molecule has 1 atom stereocenters. The number of hydrogen-bond donors (Lipinski definition) is 1. The quantitative estimate of drug-likeness (QED) is 0.837. The molecule has 0 bridgehead atoms. The Morgan fingerprint density at radius 1 is 1.53 bits per heavy atom. The fourth-order valence-corrected chi connectivity index (χ4v) is 2.22. The van der Waals surface area contributed by atoms with Gasteiger partial charge < -0.3 is 5.32 Å². The zero-order chi connectivity index (χ0) is 13.1. The fourth-order valence-electron chi connectivity index (χ4n) is 1.36. The summed E-state index contributed by atoms with van der Waals surface area (Å²) in [5.41, 5.74) is 1.33. The Bertz CT molecular complexity index is 416. The molecule has 0 aromatic heterocycles. The third-order valence-electron chi connectivity index (χ3n) is 2.86. The van der Waals surface area contributed by atoms with Gasteiger partial charge in [0.15, 0.2) is 0 Å². The lowest BCUT2D eigenvalue weighted by Gasteiger charge is -2.27.